The van der Waals surface area contributed by atoms with E-state index in [4.69, 9.17) is 5.84 Å². The fourth-order valence-corrected chi connectivity index (χ4v) is 2.40. The second-order valence-electron chi connectivity index (χ2n) is 3.70. The minimum atomic E-state index is -0.515. The molecule has 0 unspecified atom stereocenters. The fraction of sp³-hybridized carbons (Fsp3) is 0.0909. The number of nitrogens with one attached hydrogen (secondary N) is 1. The van der Waals surface area contributed by atoms with Gasteiger partial charge in [0.2, 0.25) is 5.95 Å². The summed E-state index contributed by atoms with van der Waals surface area (Å²) in [6, 6.07) is 7.61. The van der Waals surface area contributed by atoms with Crippen molar-refractivity contribution in [2.24, 2.45) is 5.84 Å². The molecule has 1 heterocycles. The summed E-state index contributed by atoms with van der Waals surface area (Å²) in [7, 11) is 0. The van der Waals surface area contributed by atoms with Crippen molar-refractivity contribution >= 4 is 23.4 Å². The Bertz CT molecular complexity index is 620. The lowest BCUT2D eigenvalue weighted by atomic mass is 10.2. The highest BCUT2D eigenvalue weighted by molar-refractivity contribution is 7.99. The third-order valence-corrected chi connectivity index (χ3v) is 3.25. The molecule has 0 saturated carbocycles. The molecule has 0 radical (unpaired) electrons. The Hall–Kier alpha value is -2.19. The zero-order valence-corrected chi connectivity index (χ0v) is 10.8. The average molecular weight is 277 g/mol. The smallest absolute Gasteiger partial charge is 0.292 e. The van der Waals surface area contributed by atoms with Gasteiger partial charge >= 0.3 is 5.69 Å². The van der Waals surface area contributed by atoms with E-state index in [2.05, 4.69) is 15.4 Å². The molecule has 7 nitrogen and oxygen atoms in total. The standard InChI is InChI=1S/C11H11N5O2S/c1-7-3-2-4-8(5-7)19-10-9(16(17)18)6-13-11(14-10)15-12/h2-6H,12H2,1H3,(H,13,14,15). The van der Waals surface area contributed by atoms with Gasteiger partial charge < -0.3 is 0 Å². The number of benzene rings is 1. The molecular weight excluding hydrogens is 266 g/mol. The van der Waals surface area contributed by atoms with Crippen LogP contribution in [0.3, 0.4) is 0 Å². The van der Waals surface area contributed by atoms with Crippen LogP contribution in [0.2, 0.25) is 0 Å². The Morgan fingerprint density at radius 1 is 1.47 bits per heavy atom. The molecule has 0 spiro atoms. The van der Waals surface area contributed by atoms with E-state index in [9.17, 15) is 10.1 Å². The maximum Gasteiger partial charge on any atom is 0.320 e. The molecule has 0 fully saturated rings. The van der Waals surface area contributed by atoms with Crippen molar-refractivity contribution in [3.63, 3.8) is 0 Å². The summed E-state index contributed by atoms with van der Waals surface area (Å²) in [5.74, 6) is 5.35. The van der Waals surface area contributed by atoms with Gasteiger partial charge in [-0.05, 0) is 19.1 Å². The maximum absolute atomic E-state index is 10.9. The summed E-state index contributed by atoms with van der Waals surface area (Å²) < 4.78 is 0. The third-order valence-electron chi connectivity index (χ3n) is 2.27. The van der Waals surface area contributed by atoms with Crippen LogP contribution in [0, 0.1) is 17.0 Å². The van der Waals surface area contributed by atoms with Crippen molar-refractivity contribution in [2.45, 2.75) is 16.8 Å². The van der Waals surface area contributed by atoms with Gasteiger partial charge in [0.05, 0.1) is 4.92 Å². The number of hydrazine groups is 1. The van der Waals surface area contributed by atoms with Gasteiger partial charge in [0, 0.05) is 4.90 Å². The van der Waals surface area contributed by atoms with Crippen LogP contribution in [0.1, 0.15) is 5.56 Å². The molecule has 19 heavy (non-hydrogen) atoms. The van der Waals surface area contributed by atoms with Crippen LogP contribution >= 0.6 is 11.8 Å². The van der Waals surface area contributed by atoms with Crippen LogP contribution in [0.4, 0.5) is 11.6 Å². The number of nitro groups is 1. The monoisotopic (exact) mass is 277 g/mol. The number of nitrogen functional groups attached to an aromatic ring is 1. The highest BCUT2D eigenvalue weighted by Gasteiger charge is 2.18. The van der Waals surface area contributed by atoms with Crippen LogP contribution in [0.5, 0.6) is 0 Å². The zero-order chi connectivity index (χ0) is 13.8. The third kappa shape index (κ3) is 3.18. The van der Waals surface area contributed by atoms with E-state index in [1.165, 1.54) is 11.8 Å². The molecule has 8 heteroatoms. The number of hydrogen-bond donors (Lipinski definition) is 2. The fourth-order valence-electron chi connectivity index (χ4n) is 1.42. The minimum absolute atomic E-state index is 0.140. The van der Waals surface area contributed by atoms with Crippen molar-refractivity contribution in [1.29, 1.82) is 0 Å². The first-order chi connectivity index (χ1) is 9.10. The molecule has 2 aromatic rings. The van der Waals surface area contributed by atoms with Gasteiger partial charge in [0.25, 0.3) is 0 Å². The molecule has 0 aliphatic rings. The summed E-state index contributed by atoms with van der Waals surface area (Å²) in [5.41, 5.74) is 3.19. The Labute approximate surface area is 113 Å². The molecule has 0 amide bonds. The highest BCUT2D eigenvalue weighted by atomic mass is 32.2. The van der Waals surface area contributed by atoms with Gasteiger partial charge in [-0.25, -0.2) is 10.8 Å². The summed E-state index contributed by atoms with van der Waals surface area (Å²) in [6.07, 6.45) is 1.14. The van der Waals surface area contributed by atoms with Gasteiger partial charge in [-0.3, -0.25) is 15.5 Å². The van der Waals surface area contributed by atoms with Crippen LogP contribution < -0.4 is 11.3 Å². The molecule has 0 aliphatic heterocycles. The van der Waals surface area contributed by atoms with E-state index >= 15 is 0 Å². The van der Waals surface area contributed by atoms with E-state index in [0.29, 0.717) is 0 Å². The molecule has 1 aromatic heterocycles. The molecular formula is C11H11N5O2S. The first-order valence-corrected chi connectivity index (χ1v) is 6.14. The van der Waals surface area contributed by atoms with Gasteiger partial charge in [-0.1, -0.05) is 29.5 Å². The van der Waals surface area contributed by atoms with Crippen LogP contribution in [-0.2, 0) is 0 Å². The van der Waals surface area contributed by atoms with Gasteiger partial charge in [-0.15, -0.1) is 0 Å². The number of anilines is 1. The second kappa shape index (κ2) is 5.63. The van der Waals surface area contributed by atoms with Crippen molar-refractivity contribution in [3.8, 4) is 0 Å². The van der Waals surface area contributed by atoms with Crippen molar-refractivity contribution in [2.75, 3.05) is 5.43 Å². The summed E-state index contributed by atoms with van der Waals surface area (Å²) >= 11 is 1.20. The largest absolute Gasteiger partial charge is 0.320 e. The number of rotatable bonds is 4. The van der Waals surface area contributed by atoms with Crippen LogP contribution in [0.25, 0.3) is 0 Å². The highest BCUT2D eigenvalue weighted by Crippen LogP contribution is 2.33. The zero-order valence-electron chi connectivity index (χ0n) is 10.0. The van der Waals surface area contributed by atoms with Gasteiger partial charge in [0.15, 0.2) is 5.03 Å². The molecule has 2 rings (SSSR count). The number of hydrogen-bond acceptors (Lipinski definition) is 7. The van der Waals surface area contributed by atoms with E-state index in [-0.39, 0.29) is 16.7 Å². The number of aryl methyl sites for hydroxylation is 1. The number of nitrogens with two attached hydrogens (primary N) is 1. The minimum Gasteiger partial charge on any atom is -0.292 e. The van der Waals surface area contributed by atoms with E-state index in [1.807, 2.05) is 31.2 Å². The lowest BCUT2D eigenvalue weighted by molar-refractivity contribution is -0.388. The van der Waals surface area contributed by atoms with Crippen molar-refractivity contribution < 1.29 is 4.92 Å². The first kappa shape index (κ1) is 13.2. The molecule has 0 aliphatic carbocycles. The quantitative estimate of drug-likeness (QED) is 0.381. The Morgan fingerprint density at radius 3 is 2.89 bits per heavy atom. The lowest BCUT2D eigenvalue weighted by Crippen LogP contribution is -2.11. The molecule has 0 saturated heterocycles. The van der Waals surface area contributed by atoms with Crippen LogP contribution in [-0.4, -0.2) is 14.9 Å². The average Bonchev–Trinajstić information content (AvgIpc) is 2.38. The van der Waals surface area contributed by atoms with E-state index in [1.54, 1.807) is 0 Å². The molecule has 1 aromatic carbocycles. The molecule has 0 bridgehead atoms. The maximum atomic E-state index is 10.9. The molecule has 98 valence electrons. The Balaban J connectivity index is 2.39. The Morgan fingerprint density at radius 2 is 2.26 bits per heavy atom. The number of aromatic nitrogens is 2. The predicted octanol–water partition coefficient (Wildman–Crippen LogP) is 2.13. The number of nitrogens with zero attached hydrogens (tertiary/aromatic N) is 3. The van der Waals surface area contributed by atoms with Crippen molar-refractivity contribution in [3.05, 3.63) is 46.1 Å². The predicted molar refractivity (Wildman–Crippen MR) is 71.8 cm³/mol. The van der Waals surface area contributed by atoms with Crippen molar-refractivity contribution in [1.82, 2.24) is 9.97 Å². The van der Waals surface area contributed by atoms with E-state index < -0.39 is 4.92 Å². The normalized spacial score (nSPS) is 10.2. The topological polar surface area (TPSA) is 107 Å². The van der Waals surface area contributed by atoms with Gasteiger partial charge in [-0.2, -0.15) is 4.98 Å². The second-order valence-corrected chi connectivity index (χ2v) is 4.77. The Kier molecular flexibility index (Phi) is 3.93. The van der Waals surface area contributed by atoms with Gasteiger partial charge in [0.1, 0.15) is 6.20 Å². The summed E-state index contributed by atoms with van der Waals surface area (Å²) in [4.78, 5) is 19.0. The van der Waals surface area contributed by atoms with E-state index in [0.717, 1.165) is 16.7 Å². The molecule has 3 N–H and O–H groups in total. The SMILES string of the molecule is Cc1cccc(Sc2nc(NN)ncc2[N+](=O)[O-])c1. The lowest BCUT2D eigenvalue weighted by Gasteiger charge is -2.04. The summed E-state index contributed by atoms with van der Waals surface area (Å²) in [5, 5.41) is 11.2. The first-order valence-electron chi connectivity index (χ1n) is 5.32. The summed E-state index contributed by atoms with van der Waals surface area (Å²) in [6.45, 7) is 1.95. The molecule has 0 atom stereocenters. The van der Waals surface area contributed by atoms with Crippen LogP contribution in [0.15, 0.2) is 40.4 Å².